The number of carboxylic acid groups (broad SMARTS) is 1. The monoisotopic (exact) mass is 251 g/mol. The molecular weight excluding hydrogens is 230 g/mol. The zero-order valence-electron chi connectivity index (χ0n) is 10.8. The number of ether oxygens (including phenoxy) is 1. The summed E-state index contributed by atoms with van der Waals surface area (Å²) in [6.07, 6.45) is 2.35. The molecule has 0 saturated heterocycles. The summed E-state index contributed by atoms with van der Waals surface area (Å²) in [4.78, 5) is 10.3. The summed E-state index contributed by atoms with van der Waals surface area (Å²) in [6, 6.07) is 7.89. The molecule has 4 nitrogen and oxygen atoms in total. The van der Waals surface area contributed by atoms with Crippen LogP contribution < -0.4 is 10.1 Å². The molecule has 0 heterocycles. The Morgan fingerprint density at radius 2 is 2.06 bits per heavy atom. The van der Waals surface area contributed by atoms with Gasteiger partial charge in [0.25, 0.3) is 0 Å². The summed E-state index contributed by atoms with van der Waals surface area (Å²) in [5.41, 5.74) is 1.13. The van der Waals surface area contributed by atoms with Crippen molar-refractivity contribution in [3.63, 3.8) is 0 Å². The van der Waals surface area contributed by atoms with Gasteiger partial charge in [0.15, 0.2) is 0 Å². The second-order valence-electron chi connectivity index (χ2n) is 4.17. The van der Waals surface area contributed by atoms with E-state index in [1.54, 1.807) is 0 Å². The largest absolute Gasteiger partial charge is 0.494 e. The first-order valence-corrected chi connectivity index (χ1v) is 6.36. The van der Waals surface area contributed by atoms with E-state index in [-0.39, 0.29) is 6.42 Å². The highest BCUT2D eigenvalue weighted by molar-refractivity contribution is 5.66. The van der Waals surface area contributed by atoms with Crippen LogP contribution in [0.1, 0.15) is 31.7 Å². The van der Waals surface area contributed by atoms with E-state index in [2.05, 4.69) is 12.2 Å². The fourth-order valence-electron chi connectivity index (χ4n) is 1.47. The number of hydrogen-bond acceptors (Lipinski definition) is 3. The Labute approximate surface area is 108 Å². The molecule has 0 radical (unpaired) electrons. The molecule has 0 aliphatic rings. The SMILES string of the molecule is CCCCOc1ccc(CNCCC(=O)O)cc1. The van der Waals surface area contributed by atoms with Gasteiger partial charge < -0.3 is 15.2 Å². The molecule has 0 saturated carbocycles. The fraction of sp³-hybridized carbons (Fsp3) is 0.500. The van der Waals surface area contributed by atoms with Crippen molar-refractivity contribution < 1.29 is 14.6 Å². The van der Waals surface area contributed by atoms with Crippen molar-refractivity contribution in [2.75, 3.05) is 13.2 Å². The average Bonchev–Trinajstić information content (AvgIpc) is 2.36. The number of nitrogens with one attached hydrogen (secondary N) is 1. The molecule has 18 heavy (non-hydrogen) atoms. The van der Waals surface area contributed by atoms with E-state index in [1.165, 1.54) is 0 Å². The summed E-state index contributed by atoms with van der Waals surface area (Å²) in [5, 5.41) is 11.6. The minimum absolute atomic E-state index is 0.151. The van der Waals surface area contributed by atoms with E-state index in [0.717, 1.165) is 30.8 Å². The molecule has 0 aliphatic carbocycles. The lowest BCUT2D eigenvalue weighted by Gasteiger charge is -2.07. The molecule has 0 amide bonds. The lowest BCUT2D eigenvalue weighted by Crippen LogP contribution is -2.17. The lowest BCUT2D eigenvalue weighted by atomic mass is 10.2. The van der Waals surface area contributed by atoms with E-state index >= 15 is 0 Å². The second kappa shape index (κ2) is 8.53. The molecule has 0 bridgehead atoms. The lowest BCUT2D eigenvalue weighted by molar-refractivity contribution is -0.136. The molecule has 1 aromatic carbocycles. The predicted molar refractivity (Wildman–Crippen MR) is 70.8 cm³/mol. The van der Waals surface area contributed by atoms with E-state index < -0.39 is 5.97 Å². The smallest absolute Gasteiger partial charge is 0.304 e. The average molecular weight is 251 g/mol. The molecule has 4 heteroatoms. The Morgan fingerprint density at radius 3 is 2.67 bits per heavy atom. The number of benzene rings is 1. The Hall–Kier alpha value is -1.55. The molecule has 0 aromatic heterocycles. The van der Waals surface area contributed by atoms with Gasteiger partial charge in [-0.05, 0) is 24.1 Å². The van der Waals surface area contributed by atoms with E-state index in [4.69, 9.17) is 9.84 Å². The number of aliphatic carboxylic acids is 1. The molecule has 0 spiro atoms. The van der Waals surface area contributed by atoms with Gasteiger partial charge in [-0.2, -0.15) is 0 Å². The Morgan fingerprint density at radius 1 is 1.33 bits per heavy atom. The van der Waals surface area contributed by atoms with Gasteiger partial charge in [-0.25, -0.2) is 0 Å². The van der Waals surface area contributed by atoms with Crippen LogP contribution in [0.5, 0.6) is 5.75 Å². The standard InChI is InChI=1S/C14H21NO3/c1-2-3-10-18-13-6-4-12(5-7-13)11-15-9-8-14(16)17/h4-7,15H,2-3,8-11H2,1H3,(H,16,17). The zero-order chi connectivity index (χ0) is 13.2. The first-order chi connectivity index (χ1) is 8.72. The van der Waals surface area contributed by atoms with E-state index in [9.17, 15) is 4.79 Å². The van der Waals surface area contributed by atoms with Gasteiger partial charge in [-0.3, -0.25) is 4.79 Å². The molecule has 1 aromatic rings. The van der Waals surface area contributed by atoms with E-state index in [1.807, 2.05) is 24.3 Å². The van der Waals surface area contributed by atoms with Crippen molar-refractivity contribution >= 4 is 5.97 Å². The normalized spacial score (nSPS) is 10.3. The molecule has 0 unspecified atom stereocenters. The molecule has 1 rings (SSSR count). The molecule has 0 atom stereocenters. The summed E-state index contributed by atoms with van der Waals surface area (Å²) in [7, 11) is 0. The van der Waals surface area contributed by atoms with Crippen LogP contribution in [0.4, 0.5) is 0 Å². The highest BCUT2D eigenvalue weighted by atomic mass is 16.5. The highest BCUT2D eigenvalue weighted by Crippen LogP contribution is 2.12. The van der Waals surface area contributed by atoms with Crippen molar-refractivity contribution in [3.05, 3.63) is 29.8 Å². The van der Waals surface area contributed by atoms with Crippen molar-refractivity contribution in [2.24, 2.45) is 0 Å². The second-order valence-corrected chi connectivity index (χ2v) is 4.17. The van der Waals surface area contributed by atoms with Gasteiger partial charge in [-0.1, -0.05) is 25.5 Å². The van der Waals surface area contributed by atoms with Gasteiger partial charge in [0.2, 0.25) is 0 Å². The first kappa shape index (κ1) is 14.5. The minimum Gasteiger partial charge on any atom is -0.494 e. The third kappa shape index (κ3) is 6.25. The quantitative estimate of drug-likeness (QED) is 0.662. The van der Waals surface area contributed by atoms with Crippen molar-refractivity contribution in [1.82, 2.24) is 5.32 Å². The van der Waals surface area contributed by atoms with Crippen LogP contribution in [-0.2, 0) is 11.3 Å². The number of unbranched alkanes of at least 4 members (excludes halogenated alkanes) is 1. The summed E-state index contributed by atoms with van der Waals surface area (Å²) in [6.45, 7) is 4.06. The number of hydrogen-bond donors (Lipinski definition) is 2. The van der Waals surface area contributed by atoms with Crippen LogP contribution in [-0.4, -0.2) is 24.2 Å². The van der Waals surface area contributed by atoms with Gasteiger partial charge in [0, 0.05) is 13.1 Å². The van der Waals surface area contributed by atoms with Crippen LogP contribution in [0.15, 0.2) is 24.3 Å². The molecule has 100 valence electrons. The van der Waals surface area contributed by atoms with Crippen molar-refractivity contribution in [3.8, 4) is 5.75 Å². The van der Waals surface area contributed by atoms with Gasteiger partial charge >= 0.3 is 5.97 Å². The topological polar surface area (TPSA) is 58.6 Å². The first-order valence-electron chi connectivity index (χ1n) is 6.36. The van der Waals surface area contributed by atoms with Gasteiger partial charge in [0.1, 0.15) is 5.75 Å². The number of rotatable bonds is 9. The van der Waals surface area contributed by atoms with E-state index in [0.29, 0.717) is 13.1 Å². The Bertz CT molecular complexity index is 349. The van der Waals surface area contributed by atoms with Gasteiger partial charge in [-0.15, -0.1) is 0 Å². The van der Waals surface area contributed by atoms with Crippen LogP contribution >= 0.6 is 0 Å². The maximum atomic E-state index is 10.3. The Balaban J connectivity index is 2.25. The minimum atomic E-state index is -0.776. The molecule has 0 fully saturated rings. The van der Waals surface area contributed by atoms with Gasteiger partial charge in [0.05, 0.1) is 13.0 Å². The maximum absolute atomic E-state index is 10.3. The Kier molecular flexibility index (Phi) is 6.87. The maximum Gasteiger partial charge on any atom is 0.304 e. The van der Waals surface area contributed by atoms with Crippen molar-refractivity contribution in [1.29, 1.82) is 0 Å². The summed E-state index contributed by atoms with van der Waals surface area (Å²) < 4.78 is 5.56. The van der Waals surface area contributed by atoms with Crippen LogP contribution in [0.2, 0.25) is 0 Å². The van der Waals surface area contributed by atoms with Crippen LogP contribution in [0, 0.1) is 0 Å². The number of carboxylic acids is 1. The third-order valence-electron chi connectivity index (χ3n) is 2.53. The van der Waals surface area contributed by atoms with Crippen LogP contribution in [0.3, 0.4) is 0 Å². The molecular formula is C14H21NO3. The zero-order valence-corrected chi connectivity index (χ0v) is 10.8. The van der Waals surface area contributed by atoms with Crippen LogP contribution in [0.25, 0.3) is 0 Å². The highest BCUT2D eigenvalue weighted by Gasteiger charge is 1.98. The summed E-state index contributed by atoms with van der Waals surface area (Å²) in [5.74, 6) is 0.111. The summed E-state index contributed by atoms with van der Waals surface area (Å²) >= 11 is 0. The third-order valence-corrected chi connectivity index (χ3v) is 2.53. The predicted octanol–water partition coefficient (Wildman–Crippen LogP) is 2.43. The number of carbonyl (C=O) groups is 1. The molecule has 2 N–H and O–H groups in total. The fourth-order valence-corrected chi connectivity index (χ4v) is 1.47. The molecule has 0 aliphatic heterocycles. The van der Waals surface area contributed by atoms with Crippen molar-refractivity contribution in [2.45, 2.75) is 32.7 Å².